The van der Waals surface area contributed by atoms with Gasteiger partial charge in [-0.1, -0.05) is 0 Å². The Morgan fingerprint density at radius 1 is 1.89 bits per heavy atom. The normalized spacial score (nSPS) is 28.0. The van der Waals surface area contributed by atoms with Gasteiger partial charge >= 0.3 is 6.03 Å². The maximum absolute atomic E-state index is 10.6. The van der Waals surface area contributed by atoms with Gasteiger partial charge in [-0.15, -0.1) is 0 Å². The van der Waals surface area contributed by atoms with E-state index >= 15 is 0 Å². The van der Waals surface area contributed by atoms with Gasteiger partial charge in [0.25, 0.3) is 0 Å². The third-order valence-corrected chi connectivity index (χ3v) is 1.32. The zero-order chi connectivity index (χ0) is 6.85. The second kappa shape index (κ2) is 2.23. The molecule has 4 nitrogen and oxygen atoms in total. The predicted molar refractivity (Wildman–Crippen MR) is 32.0 cm³/mol. The summed E-state index contributed by atoms with van der Waals surface area (Å²) in [6.45, 7) is 0.814. The molecule has 2 amide bonds. The molecule has 1 fully saturated rings. The summed E-state index contributed by atoms with van der Waals surface area (Å²) in [7, 11) is 1.65. The molecule has 0 aromatic carbocycles. The van der Waals surface area contributed by atoms with Crippen molar-refractivity contribution in [2.75, 3.05) is 20.1 Å². The number of hydrogen-bond donors (Lipinski definition) is 2. The molecule has 0 spiro atoms. The SMILES string of the molecule is CN1C[C@@H](O)CNC1=O. The molecule has 0 bridgehead atoms. The van der Waals surface area contributed by atoms with E-state index in [2.05, 4.69) is 5.32 Å². The van der Waals surface area contributed by atoms with Crippen molar-refractivity contribution in [2.24, 2.45) is 0 Å². The molecule has 52 valence electrons. The van der Waals surface area contributed by atoms with Gasteiger partial charge in [-0.3, -0.25) is 0 Å². The molecule has 2 N–H and O–H groups in total. The van der Waals surface area contributed by atoms with Gasteiger partial charge < -0.3 is 15.3 Å². The fraction of sp³-hybridized carbons (Fsp3) is 0.800. The predicted octanol–water partition coefficient (Wildman–Crippen LogP) is -0.998. The van der Waals surface area contributed by atoms with Crippen molar-refractivity contribution in [1.82, 2.24) is 10.2 Å². The summed E-state index contributed by atoms with van der Waals surface area (Å²) in [5.41, 5.74) is 0. The number of likely N-dealkylation sites (N-methyl/N-ethyl adjacent to an activating group) is 1. The minimum absolute atomic E-state index is 0.111. The number of hydrogen-bond acceptors (Lipinski definition) is 2. The van der Waals surface area contributed by atoms with Gasteiger partial charge in [-0.2, -0.15) is 0 Å². The fourth-order valence-corrected chi connectivity index (χ4v) is 0.804. The van der Waals surface area contributed by atoms with Crippen molar-refractivity contribution in [3.05, 3.63) is 0 Å². The Hall–Kier alpha value is -0.770. The quantitative estimate of drug-likeness (QED) is 0.442. The van der Waals surface area contributed by atoms with Crippen molar-refractivity contribution in [3.63, 3.8) is 0 Å². The zero-order valence-electron chi connectivity index (χ0n) is 5.29. The molecule has 1 aliphatic rings. The first-order chi connectivity index (χ1) is 4.20. The molecule has 1 saturated heterocycles. The maximum Gasteiger partial charge on any atom is 0.317 e. The summed E-state index contributed by atoms with van der Waals surface area (Å²) in [5.74, 6) is 0. The third-order valence-electron chi connectivity index (χ3n) is 1.32. The Kier molecular flexibility index (Phi) is 1.57. The first-order valence-corrected chi connectivity index (χ1v) is 2.87. The number of rotatable bonds is 0. The highest BCUT2D eigenvalue weighted by molar-refractivity contribution is 5.74. The van der Waals surface area contributed by atoms with E-state index in [0.717, 1.165) is 0 Å². The minimum atomic E-state index is -0.410. The number of nitrogens with one attached hydrogen (secondary N) is 1. The van der Waals surface area contributed by atoms with Gasteiger partial charge in [0.2, 0.25) is 0 Å². The van der Waals surface area contributed by atoms with Crippen molar-refractivity contribution in [3.8, 4) is 0 Å². The number of carbonyl (C=O) groups is 1. The van der Waals surface area contributed by atoms with Crippen molar-refractivity contribution >= 4 is 6.03 Å². The summed E-state index contributed by atoms with van der Waals surface area (Å²) in [6, 6.07) is -0.111. The van der Waals surface area contributed by atoms with Crippen LogP contribution >= 0.6 is 0 Å². The van der Waals surface area contributed by atoms with Crippen LogP contribution < -0.4 is 5.32 Å². The maximum atomic E-state index is 10.6. The van der Waals surface area contributed by atoms with Crippen LogP contribution in [-0.4, -0.2) is 42.3 Å². The number of urea groups is 1. The number of aliphatic hydroxyl groups excluding tert-OH is 1. The van der Waals surface area contributed by atoms with Crippen LogP contribution in [0.3, 0.4) is 0 Å². The number of carbonyl (C=O) groups excluding carboxylic acids is 1. The molecule has 0 radical (unpaired) electrons. The standard InChI is InChI=1S/C5H10N2O2/c1-7-3-4(8)2-6-5(7)9/h4,8H,2-3H2,1H3,(H,6,9)/t4-/m0/s1. The van der Waals surface area contributed by atoms with E-state index in [1.165, 1.54) is 4.90 Å². The molecule has 1 rings (SSSR count). The Labute approximate surface area is 53.5 Å². The molecular formula is C5H10N2O2. The average Bonchev–Trinajstić information content (AvgIpc) is 1.80. The topological polar surface area (TPSA) is 52.6 Å². The van der Waals surface area contributed by atoms with Gasteiger partial charge in [0.15, 0.2) is 0 Å². The van der Waals surface area contributed by atoms with Gasteiger partial charge in [0, 0.05) is 20.1 Å². The van der Waals surface area contributed by atoms with E-state index in [4.69, 9.17) is 5.11 Å². The van der Waals surface area contributed by atoms with E-state index in [-0.39, 0.29) is 6.03 Å². The molecule has 9 heavy (non-hydrogen) atoms. The van der Waals surface area contributed by atoms with E-state index in [0.29, 0.717) is 13.1 Å². The Bertz CT molecular complexity index is 126. The van der Waals surface area contributed by atoms with E-state index < -0.39 is 6.10 Å². The number of β-amino-alcohol motifs (C(OH)–C–C–N with tert-alkyl or cyclic N) is 1. The van der Waals surface area contributed by atoms with Gasteiger partial charge in [0.1, 0.15) is 0 Å². The van der Waals surface area contributed by atoms with Gasteiger partial charge in [-0.25, -0.2) is 4.79 Å². The minimum Gasteiger partial charge on any atom is -0.389 e. The highest BCUT2D eigenvalue weighted by Crippen LogP contribution is 1.94. The summed E-state index contributed by atoms with van der Waals surface area (Å²) in [6.07, 6.45) is -0.410. The molecule has 0 aromatic rings. The highest BCUT2D eigenvalue weighted by Gasteiger charge is 2.19. The van der Waals surface area contributed by atoms with Crippen LogP contribution in [0.5, 0.6) is 0 Å². The number of amides is 2. The average molecular weight is 130 g/mol. The van der Waals surface area contributed by atoms with E-state index in [1.807, 2.05) is 0 Å². The molecule has 0 aromatic heterocycles. The lowest BCUT2D eigenvalue weighted by molar-refractivity contribution is 0.107. The lowest BCUT2D eigenvalue weighted by Gasteiger charge is -2.26. The first kappa shape index (κ1) is 6.35. The van der Waals surface area contributed by atoms with Crippen LogP contribution in [0, 0.1) is 0 Å². The molecule has 0 unspecified atom stereocenters. The largest absolute Gasteiger partial charge is 0.389 e. The van der Waals surface area contributed by atoms with E-state index in [1.54, 1.807) is 7.05 Å². The smallest absolute Gasteiger partial charge is 0.317 e. The molecule has 1 atom stereocenters. The summed E-state index contributed by atoms with van der Waals surface area (Å²) >= 11 is 0. The Balaban J connectivity index is 2.44. The van der Waals surface area contributed by atoms with Crippen LogP contribution in [0.25, 0.3) is 0 Å². The van der Waals surface area contributed by atoms with Crippen LogP contribution in [-0.2, 0) is 0 Å². The first-order valence-electron chi connectivity index (χ1n) is 2.87. The lowest BCUT2D eigenvalue weighted by Crippen LogP contribution is -2.51. The van der Waals surface area contributed by atoms with Crippen molar-refractivity contribution in [1.29, 1.82) is 0 Å². The van der Waals surface area contributed by atoms with Crippen LogP contribution in [0.15, 0.2) is 0 Å². The van der Waals surface area contributed by atoms with Crippen molar-refractivity contribution < 1.29 is 9.90 Å². The number of nitrogens with zero attached hydrogens (tertiary/aromatic N) is 1. The molecule has 1 heterocycles. The van der Waals surface area contributed by atoms with E-state index in [9.17, 15) is 4.79 Å². The fourth-order valence-electron chi connectivity index (χ4n) is 0.804. The summed E-state index contributed by atoms with van der Waals surface area (Å²) in [5, 5.41) is 11.5. The molecule has 0 saturated carbocycles. The second-order valence-electron chi connectivity index (χ2n) is 2.22. The lowest BCUT2D eigenvalue weighted by atomic mass is 10.3. The molecule has 4 heteroatoms. The van der Waals surface area contributed by atoms with Gasteiger partial charge in [-0.05, 0) is 0 Å². The highest BCUT2D eigenvalue weighted by atomic mass is 16.3. The van der Waals surface area contributed by atoms with Gasteiger partial charge in [0.05, 0.1) is 6.10 Å². The van der Waals surface area contributed by atoms with Crippen molar-refractivity contribution in [2.45, 2.75) is 6.10 Å². The zero-order valence-corrected chi connectivity index (χ0v) is 5.29. The van der Waals surface area contributed by atoms with Crippen LogP contribution in [0.4, 0.5) is 4.79 Å². The molecule has 1 aliphatic heterocycles. The monoisotopic (exact) mass is 130 g/mol. The summed E-state index contributed by atoms with van der Waals surface area (Å²) < 4.78 is 0. The summed E-state index contributed by atoms with van der Waals surface area (Å²) in [4.78, 5) is 12.1. The van der Waals surface area contributed by atoms with Crippen LogP contribution in [0.1, 0.15) is 0 Å². The Morgan fingerprint density at radius 2 is 2.56 bits per heavy atom. The molecular weight excluding hydrogens is 120 g/mol. The number of aliphatic hydroxyl groups is 1. The second-order valence-corrected chi connectivity index (χ2v) is 2.22. The third kappa shape index (κ3) is 1.32. The van der Waals surface area contributed by atoms with Crippen LogP contribution in [0.2, 0.25) is 0 Å². The Morgan fingerprint density at radius 3 is 3.00 bits per heavy atom. The molecule has 0 aliphatic carbocycles.